The zero-order valence-corrected chi connectivity index (χ0v) is 14.3. The Hall–Kier alpha value is -3.09. The van der Waals surface area contributed by atoms with E-state index in [2.05, 4.69) is 5.32 Å². The van der Waals surface area contributed by atoms with Crippen LogP contribution >= 0.6 is 0 Å². The summed E-state index contributed by atoms with van der Waals surface area (Å²) in [6.45, 7) is 1.62. The van der Waals surface area contributed by atoms with Crippen molar-refractivity contribution in [2.24, 2.45) is 7.05 Å². The molecule has 7 heteroatoms. The average molecular weight is 344 g/mol. The van der Waals surface area contributed by atoms with Gasteiger partial charge in [-0.05, 0) is 30.7 Å². The van der Waals surface area contributed by atoms with Crippen LogP contribution in [0.3, 0.4) is 0 Å². The van der Waals surface area contributed by atoms with E-state index in [0.29, 0.717) is 11.3 Å². The summed E-state index contributed by atoms with van der Waals surface area (Å²) < 4.78 is 6.38. The second kappa shape index (κ2) is 7.21. The monoisotopic (exact) mass is 344 g/mol. The summed E-state index contributed by atoms with van der Waals surface area (Å²) in [4.78, 5) is 35.7. The molecule has 0 saturated carbocycles. The van der Waals surface area contributed by atoms with Crippen molar-refractivity contribution in [1.82, 2.24) is 9.88 Å². The first-order valence-electron chi connectivity index (χ1n) is 7.62. The van der Waals surface area contributed by atoms with Crippen LogP contribution in [-0.4, -0.2) is 28.7 Å². The summed E-state index contributed by atoms with van der Waals surface area (Å²) in [5.41, 5.74) is -0.770. The number of benzene rings is 1. The van der Waals surface area contributed by atoms with Crippen LogP contribution in [0.5, 0.6) is 5.75 Å². The quantitative estimate of drug-likeness (QED) is 0.828. The van der Waals surface area contributed by atoms with Crippen molar-refractivity contribution in [2.75, 3.05) is 7.11 Å². The smallest absolute Gasteiger partial charge is 0.306 e. The van der Waals surface area contributed by atoms with Gasteiger partial charge in [-0.15, -0.1) is 0 Å². The van der Waals surface area contributed by atoms with E-state index in [-0.39, 0.29) is 17.7 Å². The van der Waals surface area contributed by atoms with E-state index in [9.17, 15) is 19.5 Å². The van der Waals surface area contributed by atoms with Crippen molar-refractivity contribution in [3.05, 3.63) is 64.1 Å². The van der Waals surface area contributed by atoms with Gasteiger partial charge < -0.3 is 19.7 Å². The molecule has 0 fully saturated rings. The molecule has 0 aliphatic carbocycles. The molecule has 2 aromatic rings. The molecule has 1 heterocycles. The van der Waals surface area contributed by atoms with Gasteiger partial charge in [-0.2, -0.15) is 0 Å². The lowest BCUT2D eigenvalue weighted by atomic mass is 9.88. The van der Waals surface area contributed by atoms with Crippen molar-refractivity contribution in [3.63, 3.8) is 0 Å². The molecule has 25 heavy (non-hydrogen) atoms. The Balaban J connectivity index is 2.43. The summed E-state index contributed by atoms with van der Waals surface area (Å²) >= 11 is 0. The number of pyridine rings is 1. The van der Waals surface area contributed by atoms with E-state index in [1.807, 2.05) is 0 Å². The molecular weight excluding hydrogens is 324 g/mol. The number of hydrogen-bond acceptors (Lipinski definition) is 4. The third-order valence-corrected chi connectivity index (χ3v) is 4.02. The molecule has 0 spiro atoms. The van der Waals surface area contributed by atoms with Gasteiger partial charge in [0.1, 0.15) is 11.4 Å². The van der Waals surface area contributed by atoms with Crippen LogP contribution in [0.25, 0.3) is 0 Å². The third-order valence-electron chi connectivity index (χ3n) is 4.02. The fourth-order valence-corrected chi connectivity index (χ4v) is 2.59. The number of rotatable bonds is 6. The largest absolute Gasteiger partial charge is 0.497 e. The summed E-state index contributed by atoms with van der Waals surface area (Å²) in [6.07, 6.45) is -0.327. The van der Waals surface area contributed by atoms with Crippen LogP contribution in [0.2, 0.25) is 0 Å². The summed E-state index contributed by atoms with van der Waals surface area (Å²) in [5, 5.41) is 12.0. The number of aromatic nitrogens is 1. The Kier molecular flexibility index (Phi) is 5.26. The Labute approximate surface area is 144 Å². The Morgan fingerprint density at radius 3 is 2.56 bits per heavy atom. The molecule has 1 unspecified atom stereocenters. The maximum atomic E-state index is 12.6. The lowest BCUT2D eigenvalue weighted by molar-refractivity contribution is -0.138. The highest BCUT2D eigenvalue weighted by Gasteiger charge is 2.32. The lowest BCUT2D eigenvalue weighted by Crippen LogP contribution is -2.46. The van der Waals surface area contributed by atoms with Gasteiger partial charge >= 0.3 is 5.97 Å². The first-order chi connectivity index (χ1) is 11.8. The SMILES string of the molecule is COc1cccc(C(C)(CC(=O)O)NC(=O)c2cccc(=O)n2C)c1. The third kappa shape index (κ3) is 4.06. The molecule has 7 nitrogen and oxygen atoms in total. The molecule has 0 aliphatic heterocycles. The maximum absolute atomic E-state index is 12.6. The minimum Gasteiger partial charge on any atom is -0.497 e. The van der Waals surface area contributed by atoms with Gasteiger partial charge in [-0.25, -0.2) is 0 Å². The van der Waals surface area contributed by atoms with Crippen LogP contribution in [0.15, 0.2) is 47.3 Å². The fraction of sp³-hybridized carbons (Fsp3) is 0.278. The number of carboxylic acids is 1. The number of amides is 1. The molecule has 0 saturated heterocycles. The van der Waals surface area contributed by atoms with Crippen molar-refractivity contribution in [3.8, 4) is 5.75 Å². The highest BCUT2D eigenvalue weighted by molar-refractivity contribution is 5.93. The van der Waals surface area contributed by atoms with Gasteiger partial charge in [0.2, 0.25) is 0 Å². The second-order valence-electron chi connectivity index (χ2n) is 5.90. The molecule has 1 aromatic carbocycles. The normalized spacial score (nSPS) is 12.9. The predicted octanol–water partition coefficient (Wildman–Crippen LogP) is 1.51. The Bertz CT molecular complexity index is 859. The van der Waals surface area contributed by atoms with E-state index in [1.165, 1.54) is 36.9 Å². The minimum atomic E-state index is -1.18. The number of carbonyl (C=O) groups excluding carboxylic acids is 1. The molecular formula is C18H20N2O5. The number of methoxy groups -OCH3 is 1. The van der Waals surface area contributed by atoms with E-state index in [0.717, 1.165) is 0 Å². The first-order valence-corrected chi connectivity index (χ1v) is 7.62. The number of nitrogens with one attached hydrogen (secondary N) is 1. The van der Waals surface area contributed by atoms with Crippen molar-refractivity contribution < 1.29 is 19.4 Å². The molecule has 1 atom stereocenters. The van der Waals surface area contributed by atoms with E-state index >= 15 is 0 Å². The molecule has 0 aliphatic rings. The van der Waals surface area contributed by atoms with Crippen LogP contribution in [0.1, 0.15) is 29.4 Å². The van der Waals surface area contributed by atoms with Crippen LogP contribution in [-0.2, 0) is 17.4 Å². The first kappa shape index (κ1) is 18.3. The highest BCUT2D eigenvalue weighted by Crippen LogP contribution is 2.28. The lowest BCUT2D eigenvalue weighted by Gasteiger charge is -2.30. The van der Waals surface area contributed by atoms with E-state index < -0.39 is 17.4 Å². The topological polar surface area (TPSA) is 97.6 Å². The number of carboxylic acid groups (broad SMARTS) is 1. The summed E-state index contributed by atoms with van der Waals surface area (Å²) in [6, 6.07) is 11.2. The van der Waals surface area contributed by atoms with Gasteiger partial charge in [0, 0.05) is 13.1 Å². The molecule has 0 bridgehead atoms. The van der Waals surface area contributed by atoms with Crippen LogP contribution in [0.4, 0.5) is 0 Å². The second-order valence-corrected chi connectivity index (χ2v) is 5.90. The van der Waals surface area contributed by atoms with Gasteiger partial charge in [0.15, 0.2) is 0 Å². The summed E-state index contributed by atoms with van der Waals surface area (Å²) in [5.74, 6) is -1.05. The molecule has 1 amide bonds. The van der Waals surface area contributed by atoms with Crippen molar-refractivity contribution >= 4 is 11.9 Å². The van der Waals surface area contributed by atoms with Crippen LogP contribution in [0, 0.1) is 0 Å². The highest BCUT2D eigenvalue weighted by atomic mass is 16.5. The molecule has 2 N–H and O–H groups in total. The predicted molar refractivity (Wildman–Crippen MR) is 91.7 cm³/mol. The number of nitrogens with zero attached hydrogens (tertiary/aromatic N) is 1. The van der Waals surface area contributed by atoms with Gasteiger partial charge in [0.25, 0.3) is 11.5 Å². The van der Waals surface area contributed by atoms with Crippen molar-refractivity contribution in [1.29, 1.82) is 0 Å². The van der Waals surface area contributed by atoms with Gasteiger partial charge in [-0.1, -0.05) is 18.2 Å². The standard InChI is InChI=1S/C18H20N2O5/c1-18(11-16(22)23,12-6-4-7-13(10-12)25-3)19-17(24)14-8-5-9-15(21)20(14)2/h4-10H,11H2,1-3H3,(H,19,24)(H,22,23). The molecule has 0 radical (unpaired) electrons. The molecule has 2 rings (SSSR count). The molecule has 132 valence electrons. The number of carbonyl (C=O) groups is 2. The van der Waals surface area contributed by atoms with Crippen molar-refractivity contribution in [2.45, 2.75) is 18.9 Å². The average Bonchev–Trinajstić information content (AvgIpc) is 2.56. The summed E-state index contributed by atoms with van der Waals surface area (Å²) in [7, 11) is 2.99. The maximum Gasteiger partial charge on any atom is 0.306 e. The molecule has 1 aromatic heterocycles. The van der Waals surface area contributed by atoms with E-state index in [4.69, 9.17) is 4.74 Å². The van der Waals surface area contributed by atoms with Gasteiger partial charge in [-0.3, -0.25) is 14.4 Å². The fourth-order valence-electron chi connectivity index (χ4n) is 2.59. The zero-order valence-electron chi connectivity index (χ0n) is 14.3. The number of hydrogen-bond donors (Lipinski definition) is 2. The Morgan fingerprint density at radius 2 is 1.92 bits per heavy atom. The number of ether oxygens (including phenoxy) is 1. The number of aliphatic carboxylic acids is 1. The van der Waals surface area contributed by atoms with E-state index in [1.54, 1.807) is 31.2 Å². The van der Waals surface area contributed by atoms with Crippen LogP contribution < -0.4 is 15.6 Å². The Morgan fingerprint density at radius 1 is 1.24 bits per heavy atom. The minimum absolute atomic E-state index is 0.145. The van der Waals surface area contributed by atoms with Gasteiger partial charge in [0.05, 0.1) is 19.1 Å². The zero-order chi connectivity index (χ0) is 18.6.